The Bertz CT molecular complexity index is 865. The first-order valence-electron chi connectivity index (χ1n) is 13.7. The van der Waals surface area contributed by atoms with Gasteiger partial charge in [-0.3, -0.25) is 19.9 Å². The third-order valence-corrected chi connectivity index (χ3v) is 8.10. The number of piperidine rings is 2. The van der Waals surface area contributed by atoms with E-state index in [0.717, 1.165) is 45.2 Å². The van der Waals surface area contributed by atoms with Crippen LogP contribution >= 0.6 is 0 Å². The first-order chi connectivity index (χ1) is 17.8. The summed E-state index contributed by atoms with van der Waals surface area (Å²) < 4.78 is 5.08. The Labute approximate surface area is 220 Å². The highest BCUT2D eigenvalue weighted by Crippen LogP contribution is 2.32. The number of hydrogen-bond acceptors (Lipinski definition) is 7. The number of primary amides is 1. The van der Waals surface area contributed by atoms with Crippen molar-refractivity contribution in [3.8, 4) is 6.07 Å². The predicted octanol–water partition coefficient (Wildman–Crippen LogP) is 1.59. The topological polar surface area (TPSA) is 153 Å². The third kappa shape index (κ3) is 8.06. The molecule has 0 aromatic rings. The highest BCUT2D eigenvalue weighted by molar-refractivity contribution is 5.94. The Morgan fingerprint density at radius 3 is 2.32 bits per heavy atom. The number of likely N-dealkylation sites (tertiary alicyclic amines) is 2. The molecule has 1 atom stereocenters. The van der Waals surface area contributed by atoms with E-state index in [0.29, 0.717) is 44.7 Å². The van der Waals surface area contributed by atoms with E-state index >= 15 is 0 Å². The summed E-state index contributed by atoms with van der Waals surface area (Å²) in [4.78, 5) is 46.4. The number of carbonyl (C=O) groups excluding carboxylic acids is 3. The highest BCUT2D eigenvalue weighted by atomic mass is 16.5. The molecule has 1 saturated carbocycles. The lowest BCUT2D eigenvalue weighted by Crippen LogP contribution is -2.56. The molecule has 1 aliphatic carbocycles. The van der Waals surface area contributed by atoms with Gasteiger partial charge in [0.05, 0.1) is 25.1 Å². The van der Waals surface area contributed by atoms with Crippen LogP contribution in [0.25, 0.3) is 0 Å². The molecule has 0 bridgehead atoms. The number of ether oxygens (including phenoxy) is 1. The number of carbonyl (C=O) groups is 3. The zero-order valence-corrected chi connectivity index (χ0v) is 22.3. The van der Waals surface area contributed by atoms with Crippen molar-refractivity contribution in [2.75, 3.05) is 46.4 Å². The van der Waals surface area contributed by atoms with E-state index in [9.17, 15) is 19.6 Å². The van der Waals surface area contributed by atoms with Gasteiger partial charge in [-0.2, -0.15) is 5.26 Å². The molecule has 1 unspecified atom stereocenters. The van der Waals surface area contributed by atoms with E-state index in [1.54, 1.807) is 6.92 Å². The summed E-state index contributed by atoms with van der Waals surface area (Å²) in [6.45, 7) is 4.71. The van der Waals surface area contributed by atoms with E-state index in [1.807, 2.05) is 11.9 Å². The van der Waals surface area contributed by atoms with Gasteiger partial charge in [-0.25, -0.2) is 4.79 Å². The standard InChI is InChI=1S/C26H43N7O4/c1-3-37-25(36)30-24(33-13-9-20(10-14-33)22(28)34)29-17-21(19-7-5-4-6-8-19)23(35)31-26(18-27)11-15-32(2)16-12-26/h19-21H,3-17H2,1-2H3,(H2,28,34)(H,31,35)(H,29,30,36). The number of alkyl carbamates (subject to hydrolysis) is 1. The van der Waals surface area contributed by atoms with Gasteiger partial charge >= 0.3 is 6.09 Å². The smallest absolute Gasteiger partial charge is 0.413 e. The quantitative estimate of drug-likeness (QED) is 0.342. The second-order valence-corrected chi connectivity index (χ2v) is 10.7. The zero-order valence-electron chi connectivity index (χ0n) is 22.3. The Hall–Kier alpha value is -2.87. The van der Waals surface area contributed by atoms with Gasteiger partial charge in [0.25, 0.3) is 0 Å². The minimum atomic E-state index is -0.858. The van der Waals surface area contributed by atoms with Gasteiger partial charge in [0.1, 0.15) is 5.54 Å². The van der Waals surface area contributed by atoms with Gasteiger partial charge in [0, 0.05) is 32.1 Å². The molecular weight excluding hydrogens is 474 g/mol. The van der Waals surface area contributed by atoms with Crippen LogP contribution < -0.4 is 16.4 Å². The molecule has 206 valence electrons. The molecule has 3 rings (SSSR count). The second-order valence-electron chi connectivity index (χ2n) is 10.7. The number of aliphatic imine (C=N–C) groups is 1. The molecular formula is C26H43N7O4. The van der Waals surface area contributed by atoms with Crippen LogP contribution in [0, 0.1) is 29.1 Å². The van der Waals surface area contributed by atoms with Gasteiger partial charge in [0.15, 0.2) is 0 Å². The summed E-state index contributed by atoms with van der Waals surface area (Å²) in [5, 5.41) is 15.8. The molecule has 3 aliphatic rings. The maximum absolute atomic E-state index is 13.7. The van der Waals surface area contributed by atoms with Crippen LogP contribution in [0.5, 0.6) is 0 Å². The average molecular weight is 518 g/mol. The molecule has 37 heavy (non-hydrogen) atoms. The first kappa shape index (κ1) is 28.7. The molecule has 0 spiro atoms. The van der Waals surface area contributed by atoms with Crippen molar-refractivity contribution in [3.63, 3.8) is 0 Å². The lowest BCUT2D eigenvalue weighted by molar-refractivity contribution is -0.128. The number of guanidine groups is 1. The third-order valence-electron chi connectivity index (χ3n) is 8.10. The number of rotatable bonds is 7. The van der Waals surface area contributed by atoms with E-state index in [2.05, 4.69) is 21.6 Å². The van der Waals surface area contributed by atoms with Crippen LogP contribution in [0.2, 0.25) is 0 Å². The van der Waals surface area contributed by atoms with E-state index in [4.69, 9.17) is 15.5 Å². The average Bonchev–Trinajstić information content (AvgIpc) is 2.90. The van der Waals surface area contributed by atoms with E-state index < -0.39 is 17.6 Å². The van der Waals surface area contributed by atoms with E-state index in [-0.39, 0.29) is 36.8 Å². The number of nitrogens with one attached hydrogen (secondary N) is 2. The molecule has 3 amide bonds. The maximum atomic E-state index is 13.7. The lowest BCUT2D eigenvalue weighted by atomic mass is 9.78. The fourth-order valence-corrected chi connectivity index (χ4v) is 5.61. The fraction of sp³-hybridized carbons (Fsp3) is 0.808. The van der Waals surface area contributed by atoms with Gasteiger partial charge < -0.3 is 25.6 Å². The number of hydrogen-bond donors (Lipinski definition) is 3. The number of nitrogens with two attached hydrogens (primary N) is 1. The van der Waals surface area contributed by atoms with Crippen molar-refractivity contribution < 1.29 is 19.1 Å². The highest BCUT2D eigenvalue weighted by Gasteiger charge is 2.39. The molecule has 3 fully saturated rings. The Morgan fingerprint density at radius 2 is 1.76 bits per heavy atom. The minimum absolute atomic E-state index is 0.135. The van der Waals surface area contributed by atoms with Crippen molar-refractivity contribution in [3.05, 3.63) is 0 Å². The number of nitriles is 1. The summed E-state index contributed by atoms with van der Waals surface area (Å²) in [5.41, 5.74) is 4.62. The Balaban J connectivity index is 1.78. The van der Waals surface area contributed by atoms with Crippen LogP contribution in [0.1, 0.15) is 64.7 Å². The number of amides is 3. The SMILES string of the molecule is CCOC(=O)NC(=NCC(C(=O)NC1(C#N)CCN(C)CC1)C1CCCCC1)N1CCC(C(N)=O)CC1. The van der Waals surface area contributed by atoms with Gasteiger partial charge in [-0.05, 0) is 58.4 Å². The Morgan fingerprint density at radius 1 is 1.11 bits per heavy atom. The zero-order chi connectivity index (χ0) is 26.8. The van der Waals surface area contributed by atoms with Crippen molar-refractivity contribution in [2.45, 2.75) is 70.3 Å². The molecule has 0 radical (unpaired) electrons. The van der Waals surface area contributed by atoms with Crippen LogP contribution in [0.3, 0.4) is 0 Å². The van der Waals surface area contributed by atoms with Crippen LogP contribution in [-0.4, -0.2) is 85.6 Å². The molecule has 0 aromatic heterocycles. The predicted molar refractivity (Wildman–Crippen MR) is 139 cm³/mol. The minimum Gasteiger partial charge on any atom is -0.450 e. The molecule has 2 heterocycles. The monoisotopic (exact) mass is 517 g/mol. The van der Waals surface area contributed by atoms with Crippen LogP contribution in [-0.2, 0) is 14.3 Å². The summed E-state index contributed by atoms with van der Waals surface area (Å²) >= 11 is 0. The van der Waals surface area contributed by atoms with Gasteiger partial charge in [0.2, 0.25) is 17.8 Å². The van der Waals surface area contributed by atoms with E-state index in [1.165, 1.54) is 0 Å². The molecule has 0 aromatic carbocycles. The molecule has 2 saturated heterocycles. The summed E-state index contributed by atoms with van der Waals surface area (Å²) in [6, 6.07) is 2.38. The van der Waals surface area contributed by atoms with Gasteiger partial charge in [-0.1, -0.05) is 19.3 Å². The van der Waals surface area contributed by atoms with Crippen molar-refractivity contribution in [1.82, 2.24) is 20.4 Å². The van der Waals surface area contributed by atoms with Crippen molar-refractivity contribution in [2.24, 2.45) is 28.5 Å². The first-order valence-corrected chi connectivity index (χ1v) is 13.7. The van der Waals surface area contributed by atoms with Gasteiger partial charge in [-0.15, -0.1) is 0 Å². The normalized spacial score (nSPS) is 22.5. The molecule has 11 nitrogen and oxygen atoms in total. The second kappa shape index (κ2) is 13.6. The Kier molecular flexibility index (Phi) is 10.6. The maximum Gasteiger partial charge on any atom is 0.413 e. The summed E-state index contributed by atoms with van der Waals surface area (Å²) in [6.07, 6.45) is 6.92. The molecule has 4 N–H and O–H groups in total. The lowest BCUT2D eigenvalue weighted by Gasteiger charge is -2.38. The van der Waals surface area contributed by atoms with Crippen LogP contribution in [0.4, 0.5) is 4.79 Å². The summed E-state index contributed by atoms with van der Waals surface area (Å²) in [5.74, 6) is -0.520. The summed E-state index contributed by atoms with van der Waals surface area (Å²) in [7, 11) is 2.02. The largest absolute Gasteiger partial charge is 0.450 e. The molecule has 11 heteroatoms. The van der Waals surface area contributed by atoms with Crippen molar-refractivity contribution in [1.29, 1.82) is 5.26 Å². The van der Waals surface area contributed by atoms with Crippen molar-refractivity contribution >= 4 is 23.9 Å². The number of nitrogens with zero attached hydrogens (tertiary/aromatic N) is 4. The fourth-order valence-electron chi connectivity index (χ4n) is 5.61. The molecule has 2 aliphatic heterocycles. The van der Waals surface area contributed by atoms with Crippen LogP contribution in [0.15, 0.2) is 4.99 Å².